The first kappa shape index (κ1) is 16.9. The van der Waals surface area contributed by atoms with Crippen molar-refractivity contribution >= 4 is 14.0 Å². The van der Waals surface area contributed by atoms with E-state index in [9.17, 15) is 4.79 Å². The number of carbonyl (C=O) groups is 1. The second kappa shape index (κ2) is 8.10. The summed E-state index contributed by atoms with van der Waals surface area (Å²) in [5.74, 6) is -0.236. The Morgan fingerprint density at radius 1 is 1.44 bits per heavy atom. The average molecular weight is 270 g/mol. The van der Waals surface area contributed by atoms with Gasteiger partial charge in [-0.05, 0) is 19.2 Å². The van der Waals surface area contributed by atoms with Gasteiger partial charge in [0.1, 0.15) is 6.73 Å². The van der Waals surface area contributed by atoms with E-state index >= 15 is 0 Å². The van der Waals surface area contributed by atoms with Crippen LogP contribution in [0.4, 0.5) is 0 Å². The third kappa shape index (κ3) is 7.29. The maximum Gasteiger partial charge on any atom is 0.270 e. The van der Waals surface area contributed by atoms with Gasteiger partial charge in [0.15, 0.2) is 0 Å². The minimum atomic E-state index is -1.06. The fourth-order valence-electron chi connectivity index (χ4n) is 1.23. The summed E-state index contributed by atoms with van der Waals surface area (Å²) >= 11 is 0. The average Bonchev–Trinajstić information content (AvgIpc) is 2.27. The number of ether oxygens (including phenoxy) is 1. The van der Waals surface area contributed by atoms with Gasteiger partial charge in [-0.25, -0.2) is 0 Å². The third-order valence-corrected chi connectivity index (χ3v) is 4.21. The molecule has 0 atom stereocenters. The van der Waals surface area contributed by atoms with Gasteiger partial charge >= 0.3 is 0 Å². The van der Waals surface area contributed by atoms with E-state index in [1.54, 1.807) is 0 Å². The van der Waals surface area contributed by atoms with Crippen LogP contribution in [0.5, 0.6) is 0 Å². The van der Waals surface area contributed by atoms with Crippen LogP contribution < -0.4 is 5.32 Å². The predicted molar refractivity (Wildman–Crippen MR) is 78.8 cm³/mol. The first-order chi connectivity index (χ1) is 8.31. The number of hydrogen-bond donors (Lipinski definition) is 1. The lowest BCUT2D eigenvalue weighted by atomic mass is 10.4. The Bertz CT molecular complexity index is 298. The second-order valence-electron chi connectivity index (χ2n) is 5.33. The minimum Gasteiger partial charge on any atom is -0.361 e. The van der Waals surface area contributed by atoms with Gasteiger partial charge in [0.25, 0.3) is 5.91 Å². The quantitative estimate of drug-likeness (QED) is 0.303. The summed E-state index contributed by atoms with van der Waals surface area (Å²) in [7, 11) is -1.06. The summed E-state index contributed by atoms with van der Waals surface area (Å²) in [4.78, 5) is 13.4. The molecule has 0 saturated carbocycles. The highest BCUT2D eigenvalue weighted by Gasteiger charge is 2.15. The maximum absolute atomic E-state index is 11.6. The Balaban J connectivity index is 4.07. The van der Waals surface area contributed by atoms with Gasteiger partial charge in [-0.1, -0.05) is 32.8 Å². The molecule has 0 bridgehead atoms. The summed E-state index contributed by atoms with van der Waals surface area (Å²) in [5, 5.41) is 2.51. The number of nitrogens with one attached hydrogen (secondary N) is 1. The molecule has 0 aromatic carbocycles. The molecule has 5 heteroatoms. The number of rotatable bonds is 9. The van der Waals surface area contributed by atoms with E-state index in [0.29, 0.717) is 19.0 Å². The molecule has 0 aromatic rings. The standard InChI is InChI=1S/C13H26N2O2Si/c1-7-14-13(16)12(3)15(8-2)11-17-9-10-18(4,5)6/h7H,1,3,8-11H2,2,4-6H3,(H,14,16). The molecule has 0 aromatic heterocycles. The van der Waals surface area contributed by atoms with Crippen LogP contribution in [-0.2, 0) is 9.53 Å². The van der Waals surface area contributed by atoms with E-state index < -0.39 is 8.07 Å². The summed E-state index contributed by atoms with van der Waals surface area (Å²) in [6.45, 7) is 18.0. The van der Waals surface area contributed by atoms with Crippen molar-refractivity contribution in [1.82, 2.24) is 10.2 Å². The number of likely N-dealkylation sites (N-methyl/N-ethyl adjacent to an activating group) is 1. The lowest BCUT2D eigenvalue weighted by Crippen LogP contribution is -2.34. The Kier molecular flexibility index (Phi) is 7.62. The maximum atomic E-state index is 11.6. The number of hydrogen-bond acceptors (Lipinski definition) is 3. The first-order valence-corrected chi connectivity index (χ1v) is 9.96. The topological polar surface area (TPSA) is 41.6 Å². The zero-order valence-electron chi connectivity index (χ0n) is 12.1. The third-order valence-electron chi connectivity index (χ3n) is 2.50. The van der Waals surface area contributed by atoms with Crippen LogP contribution in [0.2, 0.25) is 25.7 Å². The molecule has 104 valence electrons. The molecule has 0 saturated heterocycles. The molecule has 0 spiro atoms. The molecule has 0 unspecified atom stereocenters. The minimum absolute atomic E-state index is 0.236. The van der Waals surface area contributed by atoms with Crippen LogP contribution in [0.3, 0.4) is 0 Å². The summed E-state index contributed by atoms with van der Waals surface area (Å²) in [6, 6.07) is 1.12. The van der Waals surface area contributed by atoms with Crippen molar-refractivity contribution in [2.75, 3.05) is 19.9 Å². The molecule has 0 aliphatic carbocycles. The van der Waals surface area contributed by atoms with Crippen LogP contribution in [0, 0.1) is 0 Å². The zero-order chi connectivity index (χ0) is 14.2. The Morgan fingerprint density at radius 2 is 2.06 bits per heavy atom. The molecule has 0 aliphatic rings. The molecule has 4 nitrogen and oxygen atoms in total. The fourth-order valence-corrected chi connectivity index (χ4v) is 1.99. The van der Waals surface area contributed by atoms with Gasteiger partial charge in [-0.2, -0.15) is 0 Å². The second-order valence-corrected chi connectivity index (χ2v) is 10.9. The largest absolute Gasteiger partial charge is 0.361 e. The normalized spacial score (nSPS) is 10.9. The van der Waals surface area contributed by atoms with E-state index in [1.165, 1.54) is 6.20 Å². The van der Waals surface area contributed by atoms with E-state index in [4.69, 9.17) is 4.74 Å². The van der Waals surface area contributed by atoms with Crippen molar-refractivity contribution < 1.29 is 9.53 Å². The van der Waals surface area contributed by atoms with Gasteiger partial charge in [0, 0.05) is 21.2 Å². The van der Waals surface area contributed by atoms with E-state index in [-0.39, 0.29) is 5.91 Å². The molecule has 0 fully saturated rings. The van der Waals surface area contributed by atoms with Crippen molar-refractivity contribution in [3.8, 4) is 0 Å². The van der Waals surface area contributed by atoms with E-state index in [2.05, 4.69) is 38.1 Å². The van der Waals surface area contributed by atoms with Gasteiger partial charge < -0.3 is 15.0 Å². The van der Waals surface area contributed by atoms with Crippen molar-refractivity contribution in [2.24, 2.45) is 0 Å². The van der Waals surface area contributed by atoms with Crippen LogP contribution in [0.15, 0.2) is 25.1 Å². The van der Waals surface area contributed by atoms with Crippen molar-refractivity contribution in [3.63, 3.8) is 0 Å². The highest BCUT2D eigenvalue weighted by Crippen LogP contribution is 2.08. The Morgan fingerprint density at radius 3 is 2.50 bits per heavy atom. The lowest BCUT2D eigenvalue weighted by molar-refractivity contribution is -0.118. The van der Waals surface area contributed by atoms with E-state index in [1.807, 2.05) is 11.8 Å². The Hall–Kier alpha value is -1.07. The van der Waals surface area contributed by atoms with Crippen LogP contribution in [-0.4, -0.2) is 38.8 Å². The number of carbonyl (C=O) groups excluding carboxylic acids is 1. The lowest BCUT2D eigenvalue weighted by Gasteiger charge is -2.24. The molecule has 0 aliphatic heterocycles. The molecular weight excluding hydrogens is 244 g/mol. The molecule has 0 radical (unpaired) electrons. The SMILES string of the molecule is C=CNC(=O)C(=C)N(CC)COCC[Si](C)(C)C. The Labute approximate surface area is 112 Å². The zero-order valence-corrected chi connectivity index (χ0v) is 13.1. The van der Waals surface area contributed by atoms with Gasteiger partial charge in [-0.15, -0.1) is 0 Å². The van der Waals surface area contributed by atoms with Gasteiger partial charge in [-0.3, -0.25) is 4.79 Å². The molecule has 0 heterocycles. The summed E-state index contributed by atoms with van der Waals surface area (Å²) < 4.78 is 5.61. The van der Waals surface area contributed by atoms with Crippen molar-refractivity contribution in [3.05, 3.63) is 25.1 Å². The molecule has 1 amide bonds. The molecule has 0 rings (SSSR count). The number of amides is 1. The van der Waals surface area contributed by atoms with E-state index in [0.717, 1.165) is 12.7 Å². The van der Waals surface area contributed by atoms with Gasteiger partial charge in [0.05, 0.1) is 5.70 Å². The summed E-state index contributed by atoms with van der Waals surface area (Å²) in [5.41, 5.74) is 0.408. The van der Waals surface area contributed by atoms with Crippen molar-refractivity contribution in [1.29, 1.82) is 0 Å². The van der Waals surface area contributed by atoms with Crippen LogP contribution in [0.25, 0.3) is 0 Å². The van der Waals surface area contributed by atoms with Crippen LogP contribution in [0.1, 0.15) is 6.92 Å². The molecular formula is C13H26N2O2Si. The monoisotopic (exact) mass is 270 g/mol. The van der Waals surface area contributed by atoms with Crippen molar-refractivity contribution in [2.45, 2.75) is 32.6 Å². The first-order valence-electron chi connectivity index (χ1n) is 6.25. The predicted octanol–water partition coefficient (Wildman–Crippen LogP) is 2.39. The number of nitrogens with zero attached hydrogens (tertiary/aromatic N) is 1. The molecule has 1 N–H and O–H groups in total. The molecule has 18 heavy (non-hydrogen) atoms. The van der Waals surface area contributed by atoms with Crippen LogP contribution >= 0.6 is 0 Å². The van der Waals surface area contributed by atoms with Gasteiger partial charge in [0.2, 0.25) is 0 Å². The highest BCUT2D eigenvalue weighted by atomic mass is 28.3. The summed E-state index contributed by atoms with van der Waals surface area (Å²) in [6.07, 6.45) is 1.35. The highest BCUT2D eigenvalue weighted by molar-refractivity contribution is 6.76. The fraction of sp³-hybridized carbons (Fsp3) is 0.615. The smallest absolute Gasteiger partial charge is 0.270 e.